The van der Waals surface area contributed by atoms with Crippen LogP contribution in [-0.2, 0) is 13.6 Å². The summed E-state index contributed by atoms with van der Waals surface area (Å²) in [5, 5.41) is 12.4. The molecule has 0 amide bonds. The van der Waals surface area contributed by atoms with Crippen molar-refractivity contribution in [3.63, 3.8) is 0 Å². The van der Waals surface area contributed by atoms with Gasteiger partial charge in [-0.2, -0.15) is 5.10 Å². The fraction of sp³-hybridized carbons (Fsp3) is 0.333. The lowest BCUT2D eigenvalue weighted by atomic mass is 10.1. The van der Waals surface area contributed by atoms with Gasteiger partial charge in [-0.15, -0.1) is 0 Å². The number of allylic oxidation sites excluding steroid dienone is 3. The van der Waals surface area contributed by atoms with E-state index in [4.69, 9.17) is 15.6 Å². The monoisotopic (exact) mass is 426 g/mol. The summed E-state index contributed by atoms with van der Waals surface area (Å²) in [7, 11) is 1.89. The Morgan fingerprint density at radius 3 is 2.83 bits per heavy atom. The second kappa shape index (κ2) is 9.17. The maximum absolute atomic E-state index is 13.1. The minimum Gasteiger partial charge on any atom is -0.451 e. The van der Waals surface area contributed by atoms with Gasteiger partial charge in [-0.05, 0) is 31.2 Å². The van der Waals surface area contributed by atoms with E-state index in [1.807, 2.05) is 18.5 Å². The lowest BCUT2D eigenvalue weighted by molar-refractivity contribution is 0.553. The van der Waals surface area contributed by atoms with Gasteiger partial charge in [-0.25, -0.2) is 9.67 Å². The normalized spacial score (nSPS) is 13.0. The molecule has 3 aromatic heterocycles. The minimum absolute atomic E-state index is 0.172. The first kappa shape index (κ1) is 21.6. The van der Waals surface area contributed by atoms with Crippen molar-refractivity contribution in [2.45, 2.75) is 45.1 Å². The molecule has 0 aliphatic rings. The number of hydrogen-bond acceptors (Lipinski definition) is 7. The van der Waals surface area contributed by atoms with E-state index in [9.17, 15) is 4.79 Å². The highest BCUT2D eigenvalue weighted by Crippen LogP contribution is 2.39. The number of aryl methyl sites for hydroxylation is 1. The Hall–Kier alpha value is -3.07. The van der Waals surface area contributed by atoms with Gasteiger partial charge in [0.25, 0.3) is 5.56 Å². The zero-order valence-electron chi connectivity index (χ0n) is 17.6. The Morgan fingerprint density at radius 2 is 2.20 bits per heavy atom. The molecule has 3 N–H and O–H groups in total. The summed E-state index contributed by atoms with van der Waals surface area (Å²) in [4.78, 5) is 19.3. The highest BCUT2D eigenvalue weighted by atomic mass is 32.2. The van der Waals surface area contributed by atoms with Crippen LogP contribution >= 0.6 is 11.8 Å². The largest absolute Gasteiger partial charge is 0.451 e. The zero-order chi connectivity index (χ0) is 21.8. The summed E-state index contributed by atoms with van der Waals surface area (Å²) >= 11 is 1.62. The van der Waals surface area contributed by atoms with Crippen LogP contribution in [-0.4, -0.2) is 25.5 Å². The van der Waals surface area contributed by atoms with Crippen LogP contribution in [0, 0.1) is 12.3 Å². The third-order valence-corrected chi connectivity index (χ3v) is 6.58. The van der Waals surface area contributed by atoms with Crippen molar-refractivity contribution >= 4 is 28.9 Å². The molecule has 8 nitrogen and oxygen atoms in total. The van der Waals surface area contributed by atoms with Crippen molar-refractivity contribution in [3.05, 3.63) is 62.8 Å². The second-order valence-electron chi connectivity index (χ2n) is 7.07. The smallest absolute Gasteiger partial charge is 0.291 e. The molecule has 0 radical (unpaired) electrons. The quantitative estimate of drug-likeness (QED) is 0.419. The number of nitrogens with zero attached hydrogens (tertiary/aromatic N) is 4. The standard InChI is InChI=1S/C21H26N6O2S/c1-5-13(2)18(8-15(23)6-7-22)30-20-14(3)26(4)19-17(20)9-25-27(21(19)28)10-16-11-29-12-24-16/h6-7,9,11-12,22H,5,8,10,23H2,1-4H3/b15-6?,18-13-,22-7?. The van der Waals surface area contributed by atoms with Gasteiger partial charge in [-0.3, -0.25) is 4.79 Å². The number of thioether (sulfide) groups is 1. The van der Waals surface area contributed by atoms with Crippen molar-refractivity contribution in [2.24, 2.45) is 12.8 Å². The molecule has 30 heavy (non-hydrogen) atoms. The molecule has 0 bridgehead atoms. The molecule has 0 aliphatic carbocycles. The number of oxazole rings is 1. The Morgan fingerprint density at radius 1 is 1.43 bits per heavy atom. The first-order chi connectivity index (χ1) is 14.4. The minimum atomic E-state index is -0.172. The third-order valence-electron chi connectivity index (χ3n) is 5.12. The second-order valence-corrected chi connectivity index (χ2v) is 8.17. The Kier molecular flexibility index (Phi) is 6.61. The zero-order valence-corrected chi connectivity index (χ0v) is 18.4. The average molecular weight is 427 g/mol. The van der Waals surface area contributed by atoms with Crippen molar-refractivity contribution in [3.8, 4) is 0 Å². The van der Waals surface area contributed by atoms with Crippen LogP contribution < -0.4 is 11.3 Å². The maximum atomic E-state index is 13.1. The van der Waals surface area contributed by atoms with Crippen LogP contribution in [0.1, 0.15) is 38.1 Å². The van der Waals surface area contributed by atoms with Gasteiger partial charge in [0.2, 0.25) is 0 Å². The summed E-state index contributed by atoms with van der Waals surface area (Å²) in [6.45, 7) is 6.44. The number of nitrogens with two attached hydrogens (primary N) is 1. The predicted octanol–water partition coefficient (Wildman–Crippen LogP) is 3.74. The van der Waals surface area contributed by atoms with Crippen molar-refractivity contribution < 1.29 is 4.42 Å². The van der Waals surface area contributed by atoms with E-state index >= 15 is 0 Å². The number of rotatable bonds is 8. The average Bonchev–Trinajstić information content (AvgIpc) is 3.31. The maximum Gasteiger partial charge on any atom is 0.291 e. The molecule has 158 valence electrons. The van der Waals surface area contributed by atoms with Crippen LogP contribution in [0.3, 0.4) is 0 Å². The van der Waals surface area contributed by atoms with Gasteiger partial charge in [0.15, 0.2) is 6.39 Å². The Bertz CT molecular complexity index is 1180. The van der Waals surface area contributed by atoms with Gasteiger partial charge in [0, 0.05) is 41.4 Å². The molecule has 0 unspecified atom stereocenters. The molecule has 0 aliphatic heterocycles. The van der Waals surface area contributed by atoms with Crippen molar-refractivity contribution in [2.75, 3.05) is 0 Å². The van der Waals surface area contributed by atoms with Crippen LogP contribution in [0.5, 0.6) is 0 Å². The molecular formula is C21H26N6O2S. The Labute approximate surface area is 179 Å². The number of nitrogens with one attached hydrogen (secondary N) is 1. The SMILES string of the molecule is CC/C(C)=C(/CC(N)=CC=N)Sc1c(C)n(C)c2c(=O)n(Cc3cocn3)ncc12. The van der Waals surface area contributed by atoms with Gasteiger partial charge in [0.05, 0.1) is 12.7 Å². The van der Waals surface area contributed by atoms with Crippen LogP contribution in [0.4, 0.5) is 0 Å². The highest BCUT2D eigenvalue weighted by Gasteiger charge is 2.19. The van der Waals surface area contributed by atoms with Gasteiger partial charge in [0.1, 0.15) is 17.5 Å². The molecule has 3 rings (SSSR count). The molecule has 3 heterocycles. The molecule has 3 aromatic rings. The van der Waals surface area contributed by atoms with Crippen molar-refractivity contribution in [1.29, 1.82) is 5.41 Å². The van der Waals surface area contributed by atoms with Gasteiger partial charge < -0.3 is 20.1 Å². The van der Waals surface area contributed by atoms with E-state index in [2.05, 4.69) is 23.9 Å². The molecule has 0 saturated carbocycles. The first-order valence-corrected chi connectivity index (χ1v) is 10.4. The molecule has 0 fully saturated rings. The van der Waals surface area contributed by atoms with Gasteiger partial charge in [-0.1, -0.05) is 24.3 Å². The van der Waals surface area contributed by atoms with E-state index in [1.54, 1.807) is 24.0 Å². The first-order valence-electron chi connectivity index (χ1n) is 9.61. The van der Waals surface area contributed by atoms with Crippen LogP contribution in [0.2, 0.25) is 0 Å². The topological polar surface area (TPSA) is 116 Å². The van der Waals surface area contributed by atoms with Gasteiger partial charge >= 0.3 is 0 Å². The van der Waals surface area contributed by atoms with Crippen LogP contribution in [0.25, 0.3) is 10.9 Å². The summed E-state index contributed by atoms with van der Waals surface area (Å²) in [5.74, 6) is 0. The lowest BCUT2D eigenvalue weighted by Gasteiger charge is -2.12. The Balaban J connectivity index is 2.07. The van der Waals surface area contributed by atoms with E-state index in [-0.39, 0.29) is 12.1 Å². The van der Waals surface area contributed by atoms with E-state index in [1.165, 1.54) is 29.1 Å². The summed E-state index contributed by atoms with van der Waals surface area (Å²) in [6, 6.07) is 0. The van der Waals surface area contributed by atoms with Crippen molar-refractivity contribution in [1.82, 2.24) is 19.3 Å². The highest BCUT2D eigenvalue weighted by molar-refractivity contribution is 8.03. The predicted molar refractivity (Wildman–Crippen MR) is 120 cm³/mol. The summed E-state index contributed by atoms with van der Waals surface area (Å²) in [6.07, 6.45) is 8.84. The van der Waals surface area contributed by atoms with E-state index in [0.717, 1.165) is 27.3 Å². The third kappa shape index (κ3) is 4.25. The van der Waals surface area contributed by atoms with E-state index in [0.29, 0.717) is 23.3 Å². The molecule has 0 spiro atoms. The fourth-order valence-corrected chi connectivity index (χ4v) is 4.49. The fourth-order valence-electron chi connectivity index (χ4n) is 3.14. The molecule has 0 aromatic carbocycles. The van der Waals surface area contributed by atoms with E-state index < -0.39 is 0 Å². The number of hydrogen-bond donors (Lipinski definition) is 2. The number of aromatic nitrogens is 4. The lowest BCUT2D eigenvalue weighted by Crippen LogP contribution is -2.24. The molecular weight excluding hydrogens is 400 g/mol. The molecule has 9 heteroatoms. The summed E-state index contributed by atoms with van der Waals surface area (Å²) in [5.41, 5.74) is 9.99. The molecule has 0 atom stereocenters. The molecule has 0 saturated heterocycles. The number of fused-ring (bicyclic) bond motifs is 1. The van der Waals surface area contributed by atoms with Crippen LogP contribution in [0.15, 0.2) is 55.2 Å². The summed E-state index contributed by atoms with van der Waals surface area (Å²) < 4.78 is 8.30.